The highest BCUT2D eigenvalue weighted by atomic mass is 16.5. The summed E-state index contributed by atoms with van der Waals surface area (Å²) >= 11 is 0. The summed E-state index contributed by atoms with van der Waals surface area (Å²) < 4.78 is 0.937. The van der Waals surface area contributed by atoms with Gasteiger partial charge in [-0.05, 0) is 12.8 Å². The van der Waals surface area contributed by atoms with Gasteiger partial charge < -0.3 is 5.21 Å². The predicted molar refractivity (Wildman–Crippen MR) is 36.7 cm³/mol. The molecule has 11 heavy (non-hydrogen) atoms. The first-order valence-corrected chi connectivity index (χ1v) is 3.57. The van der Waals surface area contributed by atoms with Crippen LogP contribution in [0.4, 0.5) is 0 Å². The Morgan fingerprint density at radius 1 is 1.55 bits per heavy atom. The number of hydrogen-bond acceptors (Lipinski definition) is 3. The minimum absolute atomic E-state index is 0.0408. The molecule has 1 aromatic rings. The summed E-state index contributed by atoms with van der Waals surface area (Å²) in [6, 6.07) is 0. The van der Waals surface area contributed by atoms with Crippen LogP contribution in [0.3, 0.4) is 0 Å². The first kappa shape index (κ1) is 6.39. The van der Waals surface area contributed by atoms with Gasteiger partial charge >= 0.3 is 0 Å². The molecule has 4 nitrogen and oxygen atoms in total. The van der Waals surface area contributed by atoms with E-state index >= 15 is 0 Å². The average molecular weight is 152 g/mol. The summed E-state index contributed by atoms with van der Waals surface area (Å²) in [7, 11) is 0. The topological polar surface area (TPSA) is 55.1 Å². The molecule has 0 fully saturated rings. The molecule has 1 aliphatic carbocycles. The molecule has 1 aromatic heterocycles. The lowest BCUT2D eigenvalue weighted by Crippen LogP contribution is -2.12. The number of aromatic nitrogens is 2. The van der Waals surface area contributed by atoms with Crippen molar-refractivity contribution in [2.24, 2.45) is 0 Å². The summed E-state index contributed by atoms with van der Waals surface area (Å²) in [6.07, 6.45) is 3.40. The molecule has 1 N–H and O–H groups in total. The van der Waals surface area contributed by atoms with Crippen LogP contribution in [0.15, 0.2) is 6.33 Å². The third-order valence-corrected chi connectivity index (χ3v) is 1.93. The largest absolute Gasteiger partial charge is 0.427 e. The molecule has 0 bridgehead atoms. The van der Waals surface area contributed by atoms with Crippen molar-refractivity contribution in [3.8, 4) is 0 Å². The molecule has 0 amide bonds. The Hall–Kier alpha value is -1.32. The van der Waals surface area contributed by atoms with E-state index in [4.69, 9.17) is 5.21 Å². The highest BCUT2D eigenvalue weighted by molar-refractivity contribution is 5.96. The van der Waals surface area contributed by atoms with Crippen molar-refractivity contribution in [3.63, 3.8) is 0 Å². The third kappa shape index (κ3) is 0.824. The average Bonchev–Trinajstić information content (AvgIpc) is 2.35. The molecule has 0 saturated carbocycles. The van der Waals surface area contributed by atoms with Crippen LogP contribution < -0.4 is 0 Å². The smallest absolute Gasteiger partial charge is 0.183 e. The fraction of sp³-hybridized carbons (Fsp3) is 0.429. The van der Waals surface area contributed by atoms with Crippen LogP contribution in [0.2, 0.25) is 0 Å². The van der Waals surface area contributed by atoms with Gasteiger partial charge in [0.05, 0.1) is 5.69 Å². The van der Waals surface area contributed by atoms with Gasteiger partial charge in [0.15, 0.2) is 5.78 Å². The Labute approximate surface area is 63.4 Å². The van der Waals surface area contributed by atoms with Crippen molar-refractivity contribution < 1.29 is 10.0 Å². The zero-order chi connectivity index (χ0) is 7.84. The van der Waals surface area contributed by atoms with E-state index in [2.05, 4.69) is 4.98 Å². The Bertz CT molecular complexity index is 303. The van der Waals surface area contributed by atoms with E-state index in [0.29, 0.717) is 17.8 Å². The quantitative estimate of drug-likeness (QED) is 0.555. The van der Waals surface area contributed by atoms with Gasteiger partial charge in [-0.3, -0.25) is 4.79 Å². The summed E-state index contributed by atoms with van der Waals surface area (Å²) in [5, 5.41) is 9.12. The molecule has 1 aliphatic rings. The second kappa shape index (κ2) is 2.08. The number of carbonyl (C=O) groups excluding carboxylic acids is 1. The van der Waals surface area contributed by atoms with Gasteiger partial charge in [-0.15, -0.1) is 0 Å². The van der Waals surface area contributed by atoms with Gasteiger partial charge in [0, 0.05) is 6.42 Å². The van der Waals surface area contributed by atoms with Crippen LogP contribution in [0, 0.1) is 0 Å². The number of fused-ring (bicyclic) bond motifs is 1. The minimum Gasteiger partial charge on any atom is -0.427 e. The first-order chi connectivity index (χ1) is 5.29. The fourth-order valence-electron chi connectivity index (χ4n) is 1.37. The van der Waals surface area contributed by atoms with Crippen molar-refractivity contribution in [2.45, 2.75) is 19.3 Å². The first-order valence-electron chi connectivity index (χ1n) is 3.57. The van der Waals surface area contributed by atoms with Crippen molar-refractivity contribution in [2.75, 3.05) is 0 Å². The van der Waals surface area contributed by atoms with Crippen LogP contribution in [-0.2, 0) is 6.42 Å². The van der Waals surface area contributed by atoms with E-state index < -0.39 is 0 Å². The maximum atomic E-state index is 11.1. The van der Waals surface area contributed by atoms with Crippen molar-refractivity contribution in [1.82, 2.24) is 9.71 Å². The van der Waals surface area contributed by atoms with Crippen LogP contribution in [0.5, 0.6) is 0 Å². The van der Waals surface area contributed by atoms with Gasteiger partial charge in [-0.1, -0.05) is 0 Å². The summed E-state index contributed by atoms with van der Waals surface area (Å²) in [4.78, 5) is 14.9. The van der Waals surface area contributed by atoms with Crippen LogP contribution >= 0.6 is 0 Å². The molecule has 0 saturated heterocycles. The molecular formula is C7H8N2O2. The second-order valence-corrected chi connectivity index (χ2v) is 2.66. The van der Waals surface area contributed by atoms with Crippen LogP contribution in [0.25, 0.3) is 0 Å². The standard InChI is InChI=1S/C7H8N2O2/c10-6-3-1-2-5-7(6)8-4-9(5)11/h4,11H,1-3H2. The molecule has 4 heteroatoms. The van der Waals surface area contributed by atoms with Gasteiger partial charge in [-0.2, -0.15) is 4.73 Å². The lowest BCUT2D eigenvalue weighted by Gasteiger charge is -2.08. The van der Waals surface area contributed by atoms with E-state index in [9.17, 15) is 4.79 Å². The lowest BCUT2D eigenvalue weighted by molar-refractivity contribution is 0.0960. The fourth-order valence-corrected chi connectivity index (χ4v) is 1.37. The zero-order valence-corrected chi connectivity index (χ0v) is 5.95. The van der Waals surface area contributed by atoms with Gasteiger partial charge in [0.25, 0.3) is 0 Å². The number of nitrogens with zero attached hydrogens (tertiary/aromatic N) is 2. The molecule has 0 aliphatic heterocycles. The number of carbonyl (C=O) groups is 1. The SMILES string of the molecule is O=C1CCCc2c1ncn2O. The number of hydrogen-bond donors (Lipinski definition) is 1. The molecule has 0 atom stereocenters. The summed E-state index contributed by atoms with van der Waals surface area (Å²) in [5.74, 6) is 0.0408. The number of imidazole rings is 1. The lowest BCUT2D eigenvalue weighted by atomic mass is 10.0. The normalized spacial score (nSPS) is 16.5. The number of rotatable bonds is 0. The molecule has 0 radical (unpaired) electrons. The minimum atomic E-state index is 0.0408. The van der Waals surface area contributed by atoms with Crippen LogP contribution in [-0.4, -0.2) is 20.7 Å². The van der Waals surface area contributed by atoms with Gasteiger partial charge in [-0.25, -0.2) is 4.98 Å². The molecule has 1 heterocycles. The monoisotopic (exact) mass is 152 g/mol. The molecular weight excluding hydrogens is 144 g/mol. The number of ketones is 1. The Balaban J connectivity index is 2.55. The van der Waals surface area contributed by atoms with Gasteiger partial charge in [0.2, 0.25) is 0 Å². The van der Waals surface area contributed by atoms with Crippen LogP contribution in [0.1, 0.15) is 29.0 Å². The summed E-state index contributed by atoms with van der Waals surface area (Å²) in [6.45, 7) is 0. The van der Waals surface area contributed by atoms with E-state index in [0.717, 1.165) is 17.6 Å². The van der Waals surface area contributed by atoms with Crippen molar-refractivity contribution in [3.05, 3.63) is 17.7 Å². The molecule has 2 rings (SSSR count). The maximum Gasteiger partial charge on any atom is 0.183 e. The summed E-state index contributed by atoms with van der Waals surface area (Å²) in [5.41, 5.74) is 1.10. The highest BCUT2D eigenvalue weighted by Crippen LogP contribution is 2.18. The van der Waals surface area contributed by atoms with Crippen molar-refractivity contribution in [1.29, 1.82) is 0 Å². The van der Waals surface area contributed by atoms with E-state index in [-0.39, 0.29) is 5.78 Å². The van der Waals surface area contributed by atoms with E-state index in [1.165, 1.54) is 6.33 Å². The molecule has 0 spiro atoms. The van der Waals surface area contributed by atoms with E-state index in [1.807, 2.05) is 0 Å². The molecule has 0 aromatic carbocycles. The number of Topliss-reactive ketones (excluding diaryl/α,β-unsaturated/α-hetero) is 1. The Kier molecular flexibility index (Phi) is 1.21. The predicted octanol–water partition coefficient (Wildman–Crippen LogP) is 0.639. The van der Waals surface area contributed by atoms with E-state index in [1.54, 1.807) is 0 Å². The molecule has 58 valence electrons. The van der Waals surface area contributed by atoms with Crippen molar-refractivity contribution >= 4 is 5.78 Å². The third-order valence-electron chi connectivity index (χ3n) is 1.93. The Morgan fingerprint density at radius 3 is 3.09 bits per heavy atom. The zero-order valence-electron chi connectivity index (χ0n) is 5.95. The Morgan fingerprint density at radius 2 is 2.36 bits per heavy atom. The highest BCUT2D eigenvalue weighted by Gasteiger charge is 2.21. The molecule has 0 unspecified atom stereocenters. The second-order valence-electron chi connectivity index (χ2n) is 2.66. The maximum absolute atomic E-state index is 11.1. The van der Waals surface area contributed by atoms with Gasteiger partial charge in [0.1, 0.15) is 12.0 Å².